The summed E-state index contributed by atoms with van der Waals surface area (Å²) in [6, 6.07) is 10.6. The van der Waals surface area contributed by atoms with Crippen LogP contribution in [0.3, 0.4) is 0 Å². The van der Waals surface area contributed by atoms with Gasteiger partial charge >= 0.3 is 5.69 Å². The molecule has 2 N–H and O–H groups in total. The number of benzene rings is 1. The summed E-state index contributed by atoms with van der Waals surface area (Å²) in [6.07, 6.45) is 1.25. The lowest BCUT2D eigenvalue weighted by molar-refractivity contribution is -0.121. The molecule has 2 aromatic rings. The SMILES string of the molecule is O=C(Cn1c(=O)cc[nH]c1=O)NCc1ccccc1. The number of H-pyrrole nitrogens is 1. The molecule has 0 saturated heterocycles. The fourth-order valence-corrected chi connectivity index (χ4v) is 1.60. The molecule has 0 unspecified atom stereocenters. The number of aromatic nitrogens is 2. The van der Waals surface area contributed by atoms with Gasteiger partial charge in [-0.1, -0.05) is 30.3 Å². The van der Waals surface area contributed by atoms with E-state index in [9.17, 15) is 14.4 Å². The summed E-state index contributed by atoms with van der Waals surface area (Å²) < 4.78 is 0.848. The lowest BCUT2D eigenvalue weighted by atomic mass is 10.2. The first-order valence-corrected chi connectivity index (χ1v) is 5.76. The van der Waals surface area contributed by atoms with Crippen molar-refractivity contribution in [2.24, 2.45) is 0 Å². The van der Waals surface area contributed by atoms with Gasteiger partial charge in [0.2, 0.25) is 5.91 Å². The molecule has 19 heavy (non-hydrogen) atoms. The number of aromatic amines is 1. The minimum Gasteiger partial charge on any atom is -0.350 e. The molecule has 0 spiro atoms. The second-order valence-electron chi connectivity index (χ2n) is 3.97. The van der Waals surface area contributed by atoms with Gasteiger partial charge in [0.05, 0.1) is 0 Å². The molecule has 1 heterocycles. The maximum absolute atomic E-state index is 11.7. The second-order valence-corrected chi connectivity index (χ2v) is 3.97. The first-order chi connectivity index (χ1) is 9.16. The summed E-state index contributed by atoms with van der Waals surface area (Å²) in [7, 11) is 0. The Bertz CT molecular complexity index is 645. The molecule has 1 aromatic heterocycles. The molecular weight excluding hydrogens is 246 g/mol. The minimum atomic E-state index is -0.595. The van der Waals surface area contributed by atoms with Gasteiger partial charge in [-0.3, -0.25) is 14.2 Å². The number of nitrogens with one attached hydrogen (secondary N) is 2. The molecule has 6 heteroatoms. The van der Waals surface area contributed by atoms with Crippen molar-refractivity contribution in [1.82, 2.24) is 14.9 Å². The lowest BCUT2D eigenvalue weighted by Gasteiger charge is -2.06. The van der Waals surface area contributed by atoms with E-state index in [4.69, 9.17) is 0 Å². The van der Waals surface area contributed by atoms with Crippen LogP contribution < -0.4 is 16.6 Å². The fraction of sp³-hybridized carbons (Fsp3) is 0.154. The fourth-order valence-electron chi connectivity index (χ4n) is 1.60. The third-order valence-electron chi connectivity index (χ3n) is 2.58. The Morgan fingerprint density at radius 3 is 2.58 bits per heavy atom. The Hall–Kier alpha value is -2.63. The van der Waals surface area contributed by atoms with Gasteiger partial charge in [-0.15, -0.1) is 0 Å². The highest BCUT2D eigenvalue weighted by molar-refractivity contribution is 5.75. The molecule has 98 valence electrons. The Morgan fingerprint density at radius 2 is 1.89 bits per heavy atom. The second kappa shape index (κ2) is 5.81. The largest absolute Gasteiger partial charge is 0.350 e. The van der Waals surface area contributed by atoms with Crippen LogP contribution in [0.4, 0.5) is 0 Å². The van der Waals surface area contributed by atoms with E-state index in [-0.39, 0.29) is 12.5 Å². The highest BCUT2D eigenvalue weighted by Crippen LogP contribution is 1.96. The molecule has 0 saturated carbocycles. The van der Waals surface area contributed by atoms with Crippen LogP contribution in [-0.4, -0.2) is 15.5 Å². The maximum Gasteiger partial charge on any atom is 0.328 e. The molecule has 0 aliphatic rings. The van der Waals surface area contributed by atoms with Crippen LogP contribution in [-0.2, 0) is 17.9 Å². The highest BCUT2D eigenvalue weighted by Gasteiger charge is 2.06. The van der Waals surface area contributed by atoms with E-state index in [0.717, 1.165) is 10.1 Å². The Labute approximate surface area is 108 Å². The van der Waals surface area contributed by atoms with E-state index < -0.39 is 11.2 Å². The molecule has 1 aromatic carbocycles. The standard InChI is InChI=1S/C13H13N3O3/c17-11(15-8-10-4-2-1-3-5-10)9-16-12(18)6-7-14-13(16)19/h1-7H,8-9H2,(H,14,19)(H,15,17). The van der Waals surface area contributed by atoms with Gasteiger partial charge < -0.3 is 10.3 Å². The van der Waals surface area contributed by atoms with Crippen LogP contribution >= 0.6 is 0 Å². The Morgan fingerprint density at radius 1 is 1.16 bits per heavy atom. The van der Waals surface area contributed by atoms with Gasteiger partial charge in [0.25, 0.3) is 5.56 Å². The van der Waals surface area contributed by atoms with Crippen LogP contribution in [0.15, 0.2) is 52.2 Å². The van der Waals surface area contributed by atoms with E-state index in [2.05, 4.69) is 10.3 Å². The van der Waals surface area contributed by atoms with E-state index in [1.54, 1.807) is 0 Å². The molecule has 0 aliphatic heterocycles. The molecule has 2 rings (SSSR count). The smallest absolute Gasteiger partial charge is 0.328 e. The average molecular weight is 259 g/mol. The quantitative estimate of drug-likeness (QED) is 0.801. The van der Waals surface area contributed by atoms with Gasteiger partial charge in [0.1, 0.15) is 6.54 Å². The molecule has 1 amide bonds. The van der Waals surface area contributed by atoms with Crippen LogP contribution in [0, 0.1) is 0 Å². The number of nitrogens with zero attached hydrogens (tertiary/aromatic N) is 1. The molecule has 0 fully saturated rings. The van der Waals surface area contributed by atoms with Crippen molar-refractivity contribution in [1.29, 1.82) is 0 Å². The van der Waals surface area contributed by atoms with Crippen molar-refractivity contribution in [2.45, 2.75) is 13.1 Å². The topological polar surface area (TPSA) is 84.0 Å². The predicted molar refractivity (Wildman–Crippen MR) is 69.6 cm³/mol. The normalized spacial score (nSPS) is 10.1. The van der Waals surface area contributed by atoms with Crippen molar-refractivity contribution in [3.05, 3.63) is 69.0 Å². The van der Waals surface area contributed by atoms with Crippen molar-refractivity contribution in [3.8, 4) is 0 Å². The zero-order valence-electron chi connectivity index (χ0n) is 10.1. The highest BCUT2D eigenvalue weighted by atomic mass is 16.2. The van der Waals surface area contributed by atoms with E-state index in [1.807, 2.05) is 30.3 Å². The molecule has 0 bridgehead atoms. The maximum atomic E-state index is 11.7. The third-order valence-corrected chi connectivity index (χ3v) is 2.58. The van der Waals surface area contributed by atoms with Gasteiger partial charge in [0.15, 0.2) is 0 Å². The summed E-state index contributed by atoms with van der Waals surface area (Å²) in [5, 5.41) is 2.65. The number of rotatable bonds is 4. The zero-order valence-corrected chi connectivity index (χ0v) is 10.1. The number of hydrogen-bond acceptors (Lipinski definition) is 3. The lowest BCUT2D eigenvalue weighted by Crippen LogP contribution is -2.39. The molecular formula is C13H13N3O3. The molecule has 0 atom stereocenters. The number of carbonyl (C=O) groups is 1. The van der Waals surface area contributed by atoms with Crippen LogP contribution in [0.1, 0.15) is 5.56 Å². The van der Waals surface area contributed by atoms with Gasteiger partial charge in [0, 0.05) is 18.8 Å². The molecule has 6 nitrogen and oxygen atoms in total. The van der Waals surface area contributed by atoms with Gasteiger partial charge in [-0.05, 0) is 5.56 Å². The number of hydrogen-bond donors (Lipinski definition) is 2. The first-order valence-electron chi connectivity index (χ1n) is 5.76. The Balaban J connectivity index is 1.99. The summed E-state index contributed by atoms with van der Waals surface area (Å²) in [5.41, 5.74) is -0.147. The molecule has 0 radical (unpaired) electrons. The summed E-state index contributed by atoms with van der Waals surface area (Å²) >= 11 is 0. The zero-order chi connectivity index (χ0) is 13.7. The van der Waals surface area contributed by atoms with E-state index in [0.29, 0.717) is 6.54 Å². The van der Waals surface area contributed by atoms with Crippen LogP contribution in [0.5, 0.6) is 0 Å². The van der Waals surface area contributed by atoms with E-state index >= 15 is 0 Å². The van der Waals surface area contributed by atoms with Crippen LogP contribution in [0.2, 0.25) is 0 Å². The minimum absolute atomic E-state index is 0.290. The van der Waals surface area contributed by atoms with Crippen LogP contribution in [0.25, 0.3) is 0 Å². The van der Waals surface area contributed by atoms with Crippen molar-refractivity contribution in [2.75, 3.05) is 0 Å². The first kappa shape index (κ1) is 12.8. The Kier molecular flexibility index (Phi) is 3.92. The van der Waals surface area contributed by atoms with E-state index in [1.165, 1.54) is 12.3 Å². The van der Waals surface area contributed by atoms with Crippen molar-refractivity contribution in [3.63, 3.8) is 0 Å². The summed E-state index contributed by atoms with van der Waals surface area (Å²) in [5.74, 6) is -0.386. The predicted octanol–water partition coefficient (Wildman–Crippen LogP) is -0.147. The number of amides is 1. The monoisotopic (exact) mass is 259 g/mol. The van der Waals surface area contributed by atoms with Gasteiger partial charge in [-0.25, -0.2) is 4.79 Å². The van der Waals surface area contributed by atoms with Crippen molar-refractivity contribution < 1.29 is 4.79 Å². The third kappa shape index (κ3) is 3.41. The van der Waals surface area contributed by atoms with Gasteiger partial charge in [-0.2, -0.15) is 0 Å². The average Bonchev–Trinajstić information content (AvgIpc) is 2.42. The summed E-state index contributed by atoms with van der Waals surface area (Å²) in [6.45, 7) is 0.0704. The molecule has 0 aliphatic carbocycles. The number of carbonyl (C=O) groups excluding carboxylic acids is 1. The van der Waals surface area contributed by atoms with Crippen molar-refractivity contribution >= 4 is 5.91 Å². The summed E-state index contributed by atoms with van der Waals surface area (Å²) in [4.78, 5) is 36.8.